The molecule has 7 heteroatoms. The molecule has 5 unspecified atom stereocenters. The van der Waals surface area contributed by atoms with Gasteiger partial charge < -0.3 is 29.7 Å². The molecule has 3 aliphatic rings. The van der Waals surface area contributed by atoms with Crippen LogP contribution in [0.2, 0.25) is 0 Å². The highest BCUT2D eigenvalue weighted by Crippen LogP contribution is 2.43. The number of carbonyl (C=O) groups is 1. The van der Waals surface area contributed by atoms with Crippen molar-refractivity contribution in [1.29, 1.82) is 0 Å². The van der Waals surface area contributed by atoms with E-state index in [0.29, 0.717) is 0 Å². The fraction of sp³-hybridized carbons (Fsp3) is 0.909. The van der Waals surface area contributed by atoms with E-state index in [2.05, 4.69) is 0 Å². The number of hydrogen-bond donors (Lipinski definition) is 3. The van der Waals surface area contributed by atoms with Crippen LogP contribution in [0.25, 0.3) is 0 Å². The topological polar surface area (TPSA) is 99.5 Å². The molecule has 0 radical (unpaired) electrons. The molecular weight excluding hydrogens is 242 g/mol. The van der Waals surface area contributed by atoms with E-state index in [0.717, 1.165) is 0 Å². The van der Waals surface area contributed by atoms with Gasteiger partial charge in [-0.05, 0) is 13.8 Å². The number of aliphatic hydroxyl groups is 3. The van der Waals surface area contributed by atoms with Crippen LogP contribution in [0.4, 0.5) is 0 Å². The van der Waals surface area contributed by atoms with Crippen molar-refractivity contribution in [3.8, 4) is 0 Å². The van der Waals surface area contributed by atoms with Crippen LogP contribution in [0.15, 0.2) is 0 Å². The summed E-state index contributed by atoms with van der Waals surface area (Å²) in [6, 6.07) is -1.45. The summed E-state index contributed by atoms with van der Waals surface area (Å²) in [7, 11) is 0. The molecule has 18 heavy (non-hydrogen) atoms. The lowest BCUT2D eigenvalue weighted by atomic mass is 10.0. The first kappa shape index (κ1) is 12.3. The Hall–Kier alpha value is -0.730. The summed E-state index contributed by atoms with van der Waals surface area (Å²) in [5, 5.41) is 29.1. The van der Waals surface area contributed by atoms with Crippen LogP contribution in [-0.4, -0.2) is 75.0 Å². The Morgan fingerprint density at radius 1 is 1.28 bits per heavy atom. The predicted molar refractivity (Wildman–Crippen MR) is 57.3 cm³/mol. The minimum absolute atomic E-state index is 0.342. The van der Waals surface area contributed by atoms with Crippen molar-refractivity contribution in [3.63, 3.8) is 0 Å². The summed E-state index contributed by atoms with van der Waals surface area (Å²) < 4.78 is 11.1. The lowest BCUT2D eigenvalue weighted by molar-refractivity contribution is -0.175. The zero-order valence-electron chi connectivity index (χ0n) is 10.2. The number of rotatable bonds is 1. The van der Waals surface area contributed by atoms with Crippen molar-refractivity contribution in [1.82, 2.24) is 4.90 Å². The minimum Gasteiger partial charge on any atom is -0.394 e. The van der Waals surface area contributed by atoms with Crippen LogP contribution in [0.3, 0.4) is 0 Å². The average molecular weight is 259 g/mol. The van der Waals surface area contributed by atoms with Crippen LogP contribution < -0.4 is 0 Å². The van der Waals surface area contributed by atoms with Crippen molar-refractivity contribution in [2.24, 2.45) is 0 Å². The third-order valence-electron chi connectivity index (χ3n) is 3.92. The average Bonchev–Trinajstić information content (AvgIpc) is 2.82. The first-order chi connectivity index (χ1) is 8.37. The van der Waals surface area contributed by atoms with Crippen LogP contribution in [0.1, 0.15) is 13.8 Å². The number of carbonyl (C=O) groups excluding carboxylic acids is 1. The third-order valence-corrected chi connectivity index (χ3v) is 3.92. The Kier molecular flexibility index (Phi) is 2.49. The summed E-state index contributed by atoms with van der Waals surface area (Å²) in [5.41, 5.74) is 0. The number of amides is 1. The third kappa shape index (κ3) is 1.39. The van der Waals surface area contributed by atoms with Crippen molar-refractivity contribution >= 4 is 5.91 Å². The van der Waals surface area contributed by atoms with Gasteiger partial charge in [-0.3, -0.25) is 4.79 Å². The van der Waals surface area contributed by atoms with Gasteiger partial charge >= 0.3 is 0 Å². The number of fused-ring (bicyclic) bond motifs is 3. The summed E-state index contributed by atoms with van der Waals surface area (Å²) in [5.74, 6) is -1.22. The van der Waals surface area contributed by atoms with E-state index >= 15 is 0 Å². The van der Waals surface area contributed by atoms with Crippen LogP contribution in [0.5, 0.6) is 0 Å². The van der Waals surface area contributed by atoms with Crippen LogP contribution in [-0.2, 0) is 14.3 Å². The molecule has 0 aliphatic carbocycles. The zero-order chi connectivity index (χ0) is 13.2. The van der Waals surface area contributed by atoms with Gasteiger partial charge in [-0.2, -0.15) is 0 Å². The standard InChI is InChI=1S/C11H17NO6/c1-11(2)17-8-5-7(15)6(14)4(3-13)12(5)10(16)9(8)18-11/h4-9,13-15H,3H2,1-2H3/t4?,5?,6?,7?,8?,9-/m0/s1. The van der Waals surface area contributed by atoms with E-state index in [-0.39, 0.29) is 5.91 Å². The number of nitrogens with zero attached hydrogens (tertiary/aromatic N) is 1. The lowest BCUT2D eigenvalue weighted by Gasteiger charge is -2.27. The molecule has 3 rings (SSSR count). The Labute approximate surface area is 104 Å². The van der Waals surface area contributed by atoms with E-state index < -0.39 is 48.9 Å². The summed E-state index contributed by atoms with van der Waals surface area (Å²) in [4.78, 5) is 13.5. The smallest absolute Gasteiger partial charge is 0.255 e. The molecule has 3 saturated heterocycles. The summed E-state index contributed by atoms with van der Waals surface area (Å²) >= 11 is 0. The maximum Gasteiger partial charge on any atom is 0.255 e. The van der Waals surface area contributed by atoms with Gasteiger partial charge in [0, 0.05) is 0 Å². The molecule has 0 bridgehead atoms. The second-order valence-corrected chi connectivity index (χ2v) is 5.49. The highest BCUT2D eigenvalue weighted by molar-refractivity contribution is 5.86. The molecule has 1 amide bonds. The molecule has 3 aliphatic heterocycles. The summed E-state index contributed by atoms with van der Waals surface area (Å²) in [6.45, 7) is 3.00. The van der Waals surface area contributed by atoms with E-state index in [9.17, 15) is 20.1 Å². The van der Waals surface area contributed by atoms with E-state index in [4.69, 9.17) is 9.47 Å². The lowest BCUT2D eigenvalue weighted by Crippen LogP contribution is -2.44. The van der Waals surface area contributed by atoms with Gasteiger partial charge in [0.05, 0.1) is 18.7 Å². The van der Waals surface area contributed by atoms with Crippen molar-refractivity contribution in [2.75, 3.05) is 6.61 Å². The highest BCUT2D eigenvalue weighted by atomic mass is 16.8. The van der Waals surface area contributed by atoms with E-state index in [1.165, 1.54) is 4.90 Å². The zero-order valence-corrected chi connectivity index (χ0v) is 10.2. The predicted octanol–water partition coefficient (Wildman–Crippen LogP) is -2.19. The summed E-state index contributed by atoms with van der Waals surface area (Å²) in [6.07, 6.45) is -3.65. The Morgan fingerprint density at radius 3 is 2.56 bits per heavy atom. The molecule has 0 aromatic heterocycles. The van der Waals surface area contributed by atoms with Gasteiger partial charge in [0.2, 0.25) is 0 Å². The Balaban J connectivity index is 1.94. The number of ether oxygens (including phenoxy) is 2. The molecule has 0 aromatic carbocycles. The van der Waals surface area contributed by atoms with Gasteiger partial charge in [-0.15, -0.1) is 0 Å². The van der Waals surface area contributed by atoms with Crippen LogP contribution >= 0.6 is 0 Å². The van der Waals surface area contributed by atoms with Crippen molar-refractivity contribution in [2.45, 2.75) is 56.1 Å². The van der Waals surface area contributed by atoms with Crippen molar-refractivity contribution < 1.29 is 29.6 Å². The fourth-order valence-electron chi connectivity index (χ4n) is 3.22. The molecule has 0 saturated carbocycles. The molecule has 102 valence electrons. The van der Waals surface area contributed by atoms with E-state index in [1.54, 1.807) is 13.8 Å². The molecule has 3 fully saturated rings. The van der Waals surface area contributed by atoms with Gasteiger partial charge in [0.25, 0.3) is 5.91 Å². The van der Waals surface area contributed by atoms with E-state index in [1.807, 2.05) is 0 Å². The normalized spacial score (nSPS) is 49.6. The Bertz CT molecular complexity index is 386. The fourth-order valence-corrected chi connectivity index (χ4v) is 3.22. The molecule has 6 atom stereocenters. The monoisotopic (exact) mass is 259 g/mol. The minimum atomic E-state index is -1.16. The largest absolute Gasteiger partial charge is 0.394 e. The molecule has 7 nitrogen and oxygen atoms in total. The Morgan fingerprint density at radius 2 is 1.94 bits per heavy atom. The van der Waals surface area contributed by atoms with Gasteiger partial charge in [-0.1, -0.05) is 0 Å². The molecule has 0 spiro atoms. The second kappa shape index (κ2) is 3.64. The first-order valence-electron chi connectivity index (χ1n) is 6.02. The highest BCUT2D eigenvalue weighted by Gasteiger charge is 2.66. The maximum atomic E-state index is 12.2. The van der Waals surface area contributed by atoms with Crippen LogP contribution in [0, 0.1) is 0 Å². The second-order valence-electron chi connectivity index (χ2n) is 5.49. The van der Waals surface area contributed by atoms with Gasteiger partial charge in [0.1, 0.15) is 18.3 Å². The quantitative estimate of drug-likeness (QED) is 0.495. The van der Waals surface area contributed by atoms with Crippen molar-refractivity contribution in [3.05, 3.63) is 0 Å². The molecule has 0 aromatic rings. The van der Waals surface area contributed by atoms with Gasteiger partial charge in [0.15, 0.2) is 11.9 Å². The molecule has 3 N–H and O–H groups in total. The maximum absolute atomic E-state index is 12.2. The molecule has 3 heterocycles. The molecular formula is C11H17NO6. The number of aliphatic hydroxyl groups excluding tert-OH is 3. The number of hydrogen-bond acceptors (Lipinski definition) is 6. The SMILES string of the molecule is CC1(C)OC2C3C(O)C(O)C(CO)N3C(=O)[C@H]2O1. The van der Waals surface area contributed by atoms with Gasteiger partial charge in [-0.25, -0.2) is 0 Å². The first-order valence-corrected chi connectivity index (χ1v) is 6.02.